The van der Waals surface area contributed by atoms with Crippen molar-refractivity contribution in [3.63, 3.8) is 0 Å². The minimum Gasteiger partial charge on any atom is -0.399 e. The fourth-order valence-corrected chi connectivity index (χ4v) is 1.74. The van der Waals surface area contributed by atoms with Crippen molar-refractivity contribution in [3.05, 3.63) is 30.9 Å². The van der Waals surface area contributed by atoms with E-state index in [1.54, 1.807) is 6.08 Å². The monoisotopic (exact) mass is 228 g/mol. The molecule has 15 heavy (non-hydrogen) atoms. The molecule has 1 aromatic carbocycles. The summed E-state index contributed by atoms with van der Waals surface area (Å²) in [6.07, 6.45) is 1.57. The molecule has 0 aliphatic rings. The van der Waals surface area contributed by atoms with E-state index in [2.05, 4.69) is 11.9 Å². The van der Waals surface area contributed by atoms with Crippen LogP contribution in [0, 0.1) is 0 Å². The molecule has 0 bridgehead atoms. The number of hydrogen-bond acceptors (Lipinski definition) is 4. The first-order valence-electron chi connectivity index (χ1n) is 4.17. The number of benzene rings is 1. The molecule has 0 amide bonds. The summed E-state index contributed by atoms with van der Waals surface area (Å²) in [5.41, 5.74) is 6.17. The lowest BCUT2D eigenvalue weighted by molar-refractivity contribution is 0.483. The summed E-state index contributed by atoms with van der Waals surface area (Å²) in [5.74, 6) is 0. The Bertz CT molecular complexity index is 468. The van der Waals surface area contributed by atoms with E-state index in [1.165, 1.54) is 18.2 Å². The molecule has 4 N–H and O–H groups in total. The first-order chi connectivity index (χ1) is 6.95. The first kappa shape index (κ1) is 11.5. The van der Waals surface area contributed by atoms with Crippen LogP contribution < -0.4 is 11.1 Å². The zero-order chi connectivity index (χ0) is 11.5. The van der Waals surface area contributed by atoms with E-state index >= 15 is 0 Å². The minimum atomic E-state index is -4.23. The smallest absolute Gasteiger partial charge is 0.296 e. The molecule has 0 spiro atoms. The second-order valence-corrected chi connectivity index (χ2v) is 4.29. The van der Waals surface area contributed by atoms with Crippen molar-refractivity contribution in [2.75, 3.05) is 17.6 Å². The second-order valence-electron chi connectivity index (χ2n) is 2.90. The SMILES string of the molecule is C=CCNc1cc(N)ccc1S(=O)(=O)O. The maximum Gasteiger partial charge on any atom is 0.296 e. The number of hydrogen-bond donors (Lipinski definition) is 3. The van der Waals surface area contributed by atoms with Gasteiger partial charge < -0.3 is 11.1 Å². The van der Waals surface area contributed by atoms with Gasteiger partial charge in [-0.05, 0) is 18.2 Å². The largest absolute Gasteiger partial charge is 0.399 e. The van der Waals surface area contributed by atoms with Gasteiger partial charge in [-0.15, -0.1) is 6.58 Å². The van der Waals surface area contributed by atoms with Crippen LogP contribution in [0.4, 0.5) is 11.4 Å². The quantitative estimate of drug-likeness (QED) is 0.408. The van der Waals surface area contributed by atoms with Gasteiger partial charge in [-0.25, -0.2) is 0 Å². The summed E-state index contributed by atoms with van der Waals surface area (Å²) in [4.78, 5) is -0.196. The van der Waals surface area contributed by atoms with Gasteiger partial charge in [-0.1, -0.05) is 6.08 Å². The Hall–Kier alpha value is -1.53. The predicted molar refractivity (Wildman–Crippen MR) is 59.4 cm³/mol. The van der Waals surface area contributed by atoms with Crippen LogP contribution in [0.15, 0.2) is 35.7 Å². The van der Waals surface area contributed by atoms with Gasteiger partial charge in [0.15, 0.2) is 0 Å². The van der Waals surface area contributed by atoms with Gasteiger partial charge in [0.2, 0.25) is 0 Å². The summed E-state index contributed by atoms with van der Waals surface area (Å²) >= 11 is 0. The molecule has 0 unspecified atom stereocenters. The third-order valence-electron chi connectivity index (χ3n) is 1.72. The van der Waals surface area contributed by atoms with Gasteiger partial charge in [0.25, 0.3) is 10.1 Å². The number of anilines is 2. The highest BCUT2D eigenvalue weighted by atomic mass is 32.2. The molecule has 0 aliphatic carbocycles. The van der Waals surface area contributed by atoms with E-state index in [4.69, 9.17) is 10.3 Å². The highest BCUT2D eigenvalue weighted by Crippen LogP contribution is 2.23. The lowest BCUT2D eigenvalue weighted by Crippen LogP contribution is -2.07. The van der Waals surface area contributed by atoms with E-state index in [0.717, 1.165) is 0 Å². The molecule has 5 nitrogen and oxygen atoms in total. The molecule has 6 heteroatoms. The number of nitrogens with two attached hydrogens (primary N) is 1. The van der Waals surface area contributed by atoms with Crippen LogP contribution in [-0.4, -0.2) is 19.5 Å². The molecule has 0 radical (unpaired) electrons. The van der Waals surface area contributed by atoms with Gasteiger partial charge in [-0.2, -0.15) is 8.42 Å². The van der Waals surface area contributed by atoms with Crippen LogP contribution in [0.5, 0.6) is 0 Å². The van der Waals surface area contributed by atoms with Gasteiger partial charge >= 0.3 is 0 Å². The maximum atomic E-state index is 11.0. The summed E-state index contributed by atoms with van der Waals surface area (Å²) < 4.78 is 30.9. The molecule has 1 rings (SSSR count). The molecule has 1 aromatic rings. The normalized spacial score (nSPS) is 11.0. The molecule has 0 atom stereocenters. The number of rotatable bonds is 4. The van der Waals surface area contributed by atoms with Crippen LogP contribution in [0.3, 0.4) is 0 Å². The summed E-state index contributed by atoms with van der Waals surface area (Å²) in [7, 11) is -4.23. The molecular weight excluding hydrogens is 216 g/mol. The Morgan fingerprint density at radius 2 is 2.20 bits per heavy atom. The van der Waals surface area contributed by atoms with Crippen molar-refractivity contribution < 1.29 is 13.0 Å². The average molecular weight is 228 g/mol. The van der Waals surface area contributed by atoms with E-state index in [0.29, 0.717) is 12.2 Å². The summed E-state index contributed by atoms with van der Waals surface area (Å²) in [5, 5.41) is 2.77. The van der Waals surface area contributed by atoms with Crippen molar-refractivity contribution in [3.8, 4) is 0 Å². The van der Waals surface area contributed by atoms with Crippen molar-refractivity contribution in [1.82, 2.24) is 0 Å². The topological polar surface area (TPSA) is 92.4 Å². The lowest BCUT2D eigenvalue weighted by atomic mass is 10.3. The number of nitrogen functional groups attached to an aromatic ring is 1. The molecule has 0 aliphatic heterocycles. The van der Waals surface area contributed by atoms with Crippen molar-refractivity contribution in [2.45, 2.75) is 4.90 Å². The third kappa shape index (κ3) is 2.97. The molecule has 0 fully saturated rings. The van der Waals surface area contributed by atoms with Crippen LogP contribution in [0.25, 0.3) is 0 Å². The summed E-state index contributed by atoms with van der Waals surface area (Å²) in [6.45, 7) is 3.87. The predicted octanol–water partition coefficient (Wildman–Crippen LogP) is 1.11. The second kappa shape index (κ2) is 4.33. The van der Waals surface area contributed by atoms with Gasteiger partial charge in [-0.3, -0.25) is 4.55 Å². The zero-order valence-corrected chi connectivity index (χ0v) is 8.79. The van der Waals surface area contributed by atoms with E-state index in [9.17, 15) is 8.42 Å². The summed E-state index contributed by atoms with van der Waals surface area (Å²) in [6, 6.07) is 4.09. The number of nitrogens with one attached hydrogen (secondary N) is 1. The van der Waals surface area contributed by atoms with Crippen LogP contribution >= 0.6 is 0 Å². The third-order valence-corrected chi connectivity index (χ3v) is 2.63. The fraction of sp³-hybridized carbons (Fsp3) is 0.111. The zero-order valence-electron chi connectivity index (χ0n) is 7.97. The Labute approximate surface area is 88.4 Å². The van der Waals surface area contributed by atoms with E-state index in [-0.39, 0.29) is 10.6 Å². The molecule has 0 saturated carbocycles. The van der Waals surface area contributed by atoms with Crippen molar-refractivity contribution in [2.24, 2.45) is 0 Å². The molecule has 0 heterocycles. The maximum absolute atomic E-state index is 11.0. The lowest BCUT2D eigenvalue weighted by Gasteiger charge is -2.09. The highest BCUT2D eigenvalue weighted by Gasteiger charge is 2.14. The van der Waals surface area contributed by atoms with Gasteiger partial charge in [0, 0.05) is 12.2 Å². The van der Waals surface area contributed by atoms with Crippen LogP contribution in [0.1, 0.15) is 0 Å². The van der Waals surface area contributed by atoms with Crippen LogP contribution in [-0.2, 0) is 10.1 Å². The average Bonchev–Trinajstić information content (AvgIpc) is 2.12. The van der Waals surface area contributed by atoms with Crippen molar-refractivity contribution in [1.29, 1.82) is 0 Å². The fourth-order valence-electron chi connectivity index (χ4n) is 1.09. The molecular formula is C9H12N2O3S. The minimum absolute atomic E-state index is 0.196. The Balaban J connectivity index is 3.20. The molecule has 0 saturated heterocycles. The van der Waals surface area contributed by atoms with Gasteiger partial charge in [0.1, 0.15) is 4.90 Å². The highest BCUT2D eigenvalue weighted by molar-refractivity contribution is 7.86. The van der Waals surface area contributed by atoms with Crippen LogP contribution in [0.2, 0.25) is 0 Å². The van der Waals surface area contributed by atoms with E-state index < -0.39 is 10.1 Å². The van der Waals surface area contributed by atoms with Crippen molar-refractivity contribution >= 4 is 21.5 Å². The Morgan fingerprint density at radius 3 is 2.73 bits per heavy atom. The molecule has 0 aromatic heterocycles. The van der Waals surface area contributed by atoms with Gasteiger partial charge in [0.05, 0.1) is 5.69 Å². The standard InChI is InChI=1S/C9H12N2O3S/c1-2-5-11-8-6-7(10)3-4-9(8)15(12,13)14/h2-4,6,11H,1,5,10H2,(H,12,13,14). The first-order valence-corrected chi connectivity index (χ1v) is 5.61. The Morgan fingerprint density at radius 1 is 1.53 bits per heavy atom. The Kier molecular flexibility index (Phi) is 3.33. The molecule has 82 valence electrons. The van der Waals surface area contributed by atoms with E-state index in [1.807, 2.05) is 0 Å².